The number of piperidine rings is 1. The Bertz CT molecular complexity index is 1100. The molecule has 1 amide bonds. The Kier molecular flexibility index (Phi) is 7.37. The molecule has 1 atom stereocenters. The van der Waals surface area contributed by atoms with Crippen LogP contribution in [0.15, 0.2) is 54.6 Å². The number of likely N-dealkylation sites (tertiary alicyclic amines) is 1. The number of nitrogens with zero attached hydrogens (tertiary/aromatic N) is 2. The number of nitrogens with one attached hydrogen (secondary N) is 2. The summed E-state index contributed by atoms with van der Waals surface area (Å²) in [6, 6.07) is 18.5. The number of carbonyl (C=O) groups is 1. The Morgan fingerprint density at radius 1 is 1.09 bits per heavy atom. The van der Waals surface area contributed by atoms with Crippen LogP contribution in [0.4, 0.5) is 0 Å². The molecule has 2 saturated heterocycles. The fourth-order valence-electron chi connectivity index (χ4n) is 4.91. The molecular formula is C28H34N4O2. The Morgan fingerprint density at radius 3 is 2.71 bits per heavy atom. The van der Waals surface area contributed by atoms with E-state index in [0.717, 1.165) is 85.5 Å². The summed E-state index contributed by atoms with van der Waals surface area (Å²) in [5.74, 6) is 0.965. The van der Waals surface area contributed by atoms with Crippen LogP contribution in [0.2, 0.25) is 0 Å². The summed E-state index contributed by atoms with van der Waals surface area (Å²) >= 11 is 0. The fourth-order valence-corrected chi connectivity index (χ4v) is 4.91. The molecule has 2 aliphatic heterocycles. The molecule has 2 aliphatic rings. The van der Waals surface area contributed by atoms with Crippen molar-refractivity contribution < 1.29 is 9.53 Å². The largest absolute Gasteiger partial charge is 0.494 e. The van der Waals surface area contributed by atoms with Crippen LogP contribution in [0.3, 0.4) is 0 Å². The van der Waals surface area contributed by atoms with Crippen LogP contribution >= 0.6 is 0 Å². The lowest BCUT2D eigenvalue weighted by molar-refractivity contribution is 0.0794. The molecule has 0 spiro atoms. The Morgan fingerprint density at radius 2 is 1.91 bits per heavy atom. The maximum atomic E-state index is 13.2. The normalized spacial score (nSPS) is 18.4. The summed E-state index contributed by atoms with van der Waals surface area (Å²) in [4.78, 5) is 20.1. The molecule has 34 heavy (non-hydrogen) atoms. The number of hydrogen-bond donors (Lipinski definition) is 2. The van der Waals surface area contributed by atoms with E-state index in [1.165, 1.54) is 12.8 Å². The number of para-hydroxylation sites is 1. The highest BCUT2D eigenvalue weighted by Gasteiger charge is 2.22. The van der Waals surface area contributed by atoms with Crippen molar-refractivity contribution in [3.63, 3.8) is 0 Å². The first kappa shape index (κ1) is 22.8. The van der Waals surface area contributed by atoms with Crippen molar-refractivity contribution in [3.05, 3.63) is 60.2 Å². The third kappa shape index (κ3) is 5.40. The first-order valence-electron chi connectivity index (χ1n) is 12.6. The minimum Gasteiger partial charge on any atom is -0.494 e. The molecule has 6 heteroatoms. The van der Waals surface area contributed by atoms with Gasteiger partial charge >= 0.3 is 0 Å². The molecule has 3 heterocycles. The first-order chi connectivity index (χ1) is 16.8. The van der Waals surface area contributed by atoms with Gasteiger partial charge in [-0.1, -0.05) is 18.2 Å². The fraction of sp³-hybridized carbons (Fsp3) is 0.429. The van der Waals surface area contributed by atoms with E-state index in [-0.39, 0.29) is 5.91 Å². The van der Waals surface area contributed by atoms with E-state index in [1.807, 2.05) is 59.5 Å². The molecule has 2 N–H and O–H groups in total. The van der Waals surface area contributed by atoms with E-state index in [4.69, 9.17) is 9.72 Å². The number of pyridine rings is 1. The van der Waals surface area contributed by atoms with Crippen molar-refractivity contribution in [2.75, 3.05) is 39.3 Å². The molecule has 3 aromatic rings. The zero-order chi connectivity index (χ0) is 23.2. The van der Waals surface area contributed by atoms with E-state index in [1.54, 1.807) is 0 Å². The highest BCUT2D eigenvalue weighted by molar-refractivity contribution is 6.07. The highest BCUT2D eigenvalue weighted by Crippen LogP contribution is 2.28. The monoisotopic (exact) mass is 458 g/mol. The van der Waals surface area contributed by atoms with Crippen LogP contribution in [-0.2, 0) is 0 Å². The molecular weight excluding hydrogens is 424 g/mol. The first-order valence-corrected chi connectivity index (χ1v) is 12.6. The lowest BCUT2D eigenvalue weighted by Gasteiger charge is -2.23. The Hall–Kier alpha value is -2.96. The zero-order valence-corrected chi connectivity index (χ0v) is 19.8. The van der Waals surface area contributed by atoms with Crippen LogP contribution in [0.5, 0.6) is 5.75 Å². The Balaban J connectivity index is 1.24. The second kappa shape index (κ2) is 11.0. The van der Waals surface area contributed by atoms with E-state index in [0.29, 0.717) is 12.6 Å². The van der Waals surface area contributed by atoms with Crippen molar-refractivity contribution in [1.29, 1.82) is 0 Å². The van der Waals surface area contributed by atoms with Crippen LogP contribution < -0.4 is 15.4 Å². The summed E-state index contributed by atoms with van der Waals surface area (Å²) in [6.45, 7) is 5.54. The summed E-state index contributed by atoms with van der Waals surface area (Å²) in [6.07, 6.45) is 5.64. The molecule has 6 nitrogen and oxygen atoms in total. The predicted octanol–water partition coefficient (Wildman–Crippen LogP) is 4.25. The lowest BCUT2D eigenvalue weighted by Crippen LogP contribution is -2.43. The number of ether oxygens (including phenoxy) is 1. The second-order valence-electron chi connectivity index (χ2n) is 9.30. The van der Waals surface area contributed by atoms with E-state index in [2.05, 4.69) is 10.6 Å². The van der Waals surface area contributed by atoms with Crippen LogP contribution in [0, 0.1) is 0 Å². The number of rotatable bonds is 8. The van der Waals surface area contributed by atoms with Crippen LogP contribution in [0.25, 0.3) is 22.2 Å². The summed E-state index contributed by atoms with van der Waals surface area (Å²) in [5, 5.41) is 7.96. The van der Waals surface area contributed by atoms with Gasteiger partial charge in [0.2, 0.25) is 0 Å². The molecule has 2 aromatic carbocycles. The van der Waals surface area contributed by atoms with Gasteiger partial charge < -0.3 is 20.3 Å². The van der Waals surface area contributed by atoms with Crippen molar-refractivity contribution in [2.24, 2.45) is 0 Å². The molecule has 2 fully saturated rings. The number of amides is 1. The van der Waals surface area contributed by atoms with Gasteiger partial charge in [0.1, 0.15) is 5.75 Å². The maximum Gasteiger partial charge on any atom is 0.254 e. The van der Waals surface area contributed by atoms with Gasteiger partial charge in [-0.2, -0.15) is 0 Å². The number of hydrogen-bond acceptors (Lipinski definition) is 5. The van der Waals surface area contributed by atoms with Crippen molar-refractivity contribution in [3.8, 4) is 17.0 Å². The Labute approximate surface area is 201 Å². The van der Waals surface area contributed by atoms with Gasteiger partial charge in [0, 0.05) is 36.6 Å². The van der Waals surface area contributed by atoms with Gasteiger partial charge in [-0.25, -0.2) is 4.98 Å². The SMILES string of the molecule is O=C(c1cc(-c2ccc(OCCCNC3CCCNC3)cc2)nc2ccccc12)N1CCCC1. The maximum absolute atomic E-state index is 13.2. The molecule has 0 aliphatic carbocycles. The molecule has 0 saturated carbocycles. The second-order valence-corrected chi connectivity index (χ2v) is 9.30. The molecule has 178 valence electrons. The van der Waals surface area contributed by atoms with Gasteiger partial charge in [0.25, 0.3) is 5.91 Å². The van der Waals surface area contributed by atoms with E-state index < -0.39 is 0 Å². The standard InChI is InChI=1S/C28H34N4O2/c33-28(32-16-3-4-17-32)25-19-27(31-26-9-2-1-8-24(25)26)21-10-12-23(13-11-21)34-18-6-15-30-22-7-5-14-29-20-22/h1-2,8-13,19,22,29-30H,3-7,14-18,20H2. The molecule has 1 aromatic heterocycles. The molecule has 1 unspecified atom stereocenters. The van der Waals surface area contributed by atoms with Gasteiger partial charge in [0.15, 0.2) is 0 Å². The quantitative estimate of drug-likeness (QED) is 0.494. The van der Waals surface area contributed by atoms with E-state index >= 15 is 0 Å². The van der Waals surface area contributed by atoms with Crippen molar-refractivity contribution >= 4 is 16.8 Å². The van der Waals surface area contributed by atoms with Crippen LogP contribution in [-0.4, -0.2) is 61.2 Å². The molecule has 0 bridgehead atoms. The van der Waals surface area contributed by atoms with Crippen molar-refractivity contribution in [1.82, 2.24) is 20.5 Å². The average Bonchev–Trinajstić information content (AvgIpc) is 3.44. The van der Waals surface area contributed by atoms with Gasteiger partial charge in [-0.3, -0.25) is 4.79 Å². The third-order valence-electron chi connectivity index (χ3n) is 6.81. The smallest absolute Gasteiger partial charge is 0.254 e. The average molecular weight is 459 g/mol. The minimum atomic E-state index is 0.106. The van der Waals surface area contributed by atoms with Gasteiger partial charge in [0.05, 0.1) is 23.4 Å². The van der Waals surface area contributed by atoms with Gasteiger partial charge in [-0.15, -0.1) is 0 Å². The van der Waals surface area contributed by atoms with Crippen molar-refractivity contribution in [2.45, 2.75) is 38.1 Å². The number of carbonyl (C=O) groups excluding carboxylic acids is 1. The van der Waals surface area contributed by atoms with Crippen LogP contribution in [0.1, 0.15) is 42.5 Å². The number of fused-ring (bicyclic) bond motifs is 1. The summed E-state index contributed by atoms with van der Waals surface area (Å²) in [5.41, 5.74) is 3.39. The summed E-state index contributed by atoms with van der Waals surface area (Å²) < 4.78 is 5.95. The lowest BCUT2D eigenvalue weighted by atomic mass is 10.0. The predicted molar refractivity (Wildman–Crippen MR) is 136 cm³/mol. The molecule has 0 radical (unpaired) electrons. The van der Waals surface area contributed by atoms with E-state index in [9.17, 15) is 4.79 Å². The number of aromatic nitrogens is 1. The third-order valence-corrected chi connectivity index (χ3v) is 6.81. The summed E-state index contributed by atoms with van der Waals surface area (Å²) in [7, 11) is 0. The molecule has 5 rings (SSSR count). The number of benzene rings is 2. The zero-order valence-electron chi connectivity index (χ0n) is 19.8. The highest BCUT2D eigenvalue weighted by atomic mass is 16.5. The topological polar surface area (TPSA) is 66.5 Å². The van der Waals surface area contributed by atoms with Gasteiger partial charge in [-0.05, 0) is 81.6 Å². The minimum absolute atomic E-state index is 0.106.